The van der Waals surface area contributed by atoms with Gasteiger partial charge in [0.15, 0.2) is 5.82 Å². The van der Waals surface area contributed by atoms with Gasteiger partial charge in [-0.2, -0.15) is 4.98 Å². The topological polar surface area (TPSA) is 67.4 Å². The van der Waals surface area contributed by atoms with Gasteiger partial charge in [-0.15, -0.1) is 0 Å². The molecule has 3 heterocycles. The van der Waals surface area contributed by atoms with Gasteiger partial charge in [0.1, 0.15) is 5.69 Å². The van der Waals surface area contributed by atoms with Gasteiger partial charge >= 0.3 is 0 Å². The van der Waals surface area contributed by atoms with Gasteiger partial charge in [-0.25, -0.2) is 0 Å². The Kier molecular flexibility index (Phi) is 4.80. The summed E-state index contributed by atoms with van der Waals surface area (Å²) in [4.78, 5) is 21.6. The molecule has 0 bridgehead atoms. The maximum atomic E-state index is 13.0. The lowest BCUT2D eigenvalue weighted by molar-refractivity contribution is 0.0746. The zero-order chi connectivity index (χ0) is 18.1. The van der Waals surface area contributed by atoms with Gasteiger partial charge < -0.3 is 14.0 Å². The van der Waals surface area contributed by atoms with Crippen LogP contribution in [0.25, 0.3) is 0 Å². The van der Waals surface area contributed by atoms with Crippen LogP contribution in [-0.2, 0) is 6.54 Å². The molecule has 1 unspecified atom stereocenters. The molecule has 26 heavy (non-hydrogen) atoms. The zero-order valence-corrected chi connectivity index (χ0v) is 15.6. The molecule has 2 aromatic heterocycles. The summed E-state index contributed by atoms with van der Waals surface area (Å²) in [5.41, 5.74) is 0.849. The van der Waals surface area contributed by atoms with E-state index in [1.54, 1.807) is 0 Å². The number of carbonyl (C=O) groups excluding carboxylic acids is 1. The fourth-order valence-corrected chi connectivity index (χ4v) is 3.89. The third-order valence-corrected chi connectivity index (χ3v) is 5.51. The van der Waals surface area contributed by atoms with Crippen LogP contribution < -0.4 is 0 Å². The van der Waals surface area contributed by atoms with E-state index in [2.05, 4.69) is 26.7 Å². The van der Waals surface area contributed by atoms with Gasteiger partial charge in [0.05, 0.1) is 6.54 Å². The highest BCUT2D eigenvalue weighted by atomic mass is 16.5. The van der Waals surface area contributed by atoms with Crippen molar-refractivity contribution in [3.8, 4) is 0 Å². The Bertz CT molecular complexity index is 764. The molecular weight excluding hydrogens is 330 g/mol. The Morgan fingerprint density at radius 1 is 1.31 bits per heavy atom. The summed E-state index contributed by atoms with van der Waals surface area (Å²) in [7, 11) is 2.10. The third kappa shape index (κ3) is 3.67. The molecule has 7 heteroatoms. The molecule has 0 radical (unpaired) electrons. The van der Waals surface area contributed by atoms with E-state index in [1.807, 2.05) is 30.2 Å². The summed E-state index contributed by atoms with van der Waals surface area (Å²) in [6.45, 7) is 4.12. The number of amides is 1. The Balaban J connectivity index is 1.36. The molecule has 1 saturated heterocycles. The van der Waals surface area contributed by atoms with E-state index in [4.69, 9.17) is 4.52 Å². The standard InChI is InChI=1S/C19H27N5O2/c1-14-20-18(21-26-14)13-22(2)15-5-3-10-23(12-9-15)19(25)17-6-4-11-24(17)16-7-8-16/h4,6,11,15-16H,3,5,7-10,12-13H2,1-2H3. The van der Waals surface area contributed by atoms with Crippen LogP contribution in [0.2, 0.25) is 0 Å². The lowest BCUT2D eigenvalue weighted by Gasteiger charge is -2.26. The van der Waals surface area contributed by atoms with Crippen LogP contribution in [-0.4, -0.2) is 56.6 Å². The maximum absolute atomic E-state index is 13.0. The van der Waals surface area contributed by atoms with Crippen LogP contribution in [0, 0.1) is 6.92 Å². The first-order valence-electron chi connectivity index (χ1n) is 9.57. The van der Waals surface area contributed by atoms with Gasteiger partial charge in [-0.1, -0.05) is 5.16 Å². The predicted octanol–water partition coefficient (Wildman–Crippen LogP) is 2.64. The predicted molar refractivity (Wildman–Crippen MR) is 96.7 cm³/mol. The van der Waals surface area contributed by atoms with Crippen molar-refractivity contribution in [1.29, 1.82) is 0 Å². The molecule has 1 aliphatic heterocycles. The summed E-state index contributed by atoms with van der Waals surface area (Å²) >= 11 is 0. The van der Waals surface area contributed by atoms with E-state index in [1.165, 1.54) is 12.8 Å². The fourth-order valence-electron chi connectivity index (χ4n) is 3.89. The van der Waals surface area contributed by atoms with Crippen molar-refractivity contribution in [1.82, 2.24) is 24.5 Å². The number of aromatic nitrogens is 3. The van der Waals surface area contributed by atoms with E-state index in [0.717, 1.165) is 43.9 Å². The minimum atomic E-state index is 0.180. The summed E-state index contributed by atoms with van der Waals surface area (Å²) in [6, 6.07) is 4.93. The lowest BCUT2D eigenvalue weighted by atomic mass is 10.1. The molecule has 0 N–H and O–H groups in total. The minimum Gasteiger partial charge on any atom is -0.340 e. The molecule has 2 fully saturated rings. The second kappa shape index (κ2) is 7.23. The van der Waals surface area contributed by atoms with E-state index in [0.29, 0.717) is 24.5 Å². The Labute approximate surface area is 154 Å². The number of aryl methyl sites for hydroxylation is 1. The number of hydrogen-bond donors (Lipinski definition) is 0. The largest absolute Gasteiger partial charge is 0.340 e. The van der Waals surface area contributed by atoms with Crippen molar-refractivity contribution in [3.05, 3.63) is 35.7 Å². The number of nitrogens with zero attached hydrogens (tertiary/aromatic N) is 5. The third-order valence-electron chi connectivity index (χ3n) is 5.51. The first kappa shape index (κ1) is 17.3. The molecule has 1 saturated carbocycles. The highest BCUT2D eigenvalue weighted by Gasteiger charge is 2.30. The summed E-state index contributed by atoms with van der Waals surface area (Å²) in [5.74, 6) is 1.51. The number of hydrogen-bond acceptors (Lipinski definition) is 5. The summed E-state index contributed by atoms with van der Waals surface area (Å²) in [5, 5.41) is 3.99. The average molecular weight is 357 g/mol. The Morgan fingerprint density at radius 2 is 2.15 bits per heavy atom. The van der Waals surface area contributed by atoms with Gasteiger partial charge in [-0.05, 0) is 51.3 Å². The van der Waals surface area contributed by atoms with Gasteiger partial charge in [0, 0.05) is 38.3 Å². The molecule has 0 spiro atoms. The van der Waals surface area contributed by atoms with Crippen LogP contribution in [0.3, 0.4) is 0 Å². The zero-order valence-electron chi connectivity index (χ0n) is 15.6. The van der Waals surface area contributed by atoms with Crippen molar-refractivity contribution in [2.45, 2.75) is 57.7 Å². The van der Waals surface area contributed by atoms with Gasteiger partial charge in [0.25, 0.3) is 5.91 Å². The smallest absolute Gasteiger partial charge is 0.270 e. The molecule has 2 aromatic rings. The van der Waals surface area contributed by atoms with E-state index < -0.39 is 0 Å². The molecule has 1 aliphatic carbocycles. The first-order valence-corrected chi connectivity index (χ1v) is 9.57. The highest BCUT2D eigenvalue weighted by Crippen LogP contribution is 2.36. The molecule has 1 atom stereocenters. The first-order chi connectivity index (χ1) is 12.6. The molecule has 2 aliphatic rings. The maximum Gasteiger partial charge on any atom is 0.270 e. The quantitative estimate of drug-likeness (QED) is 0.823. The van der Waals surface area contributed by atoms with Crippen molar-refractivity contribution >= 4 is 5.91 Å². The van der Waals surface area contributed by atoms with Gasteiger partial charge in [0.2, 0.25) is 5.89 Å². The van der Waals surface area contributed by atoms with Gasteiger partial charge in [-0.3, -0.25) is 9.69 Å². The molecule has 0 aromatic carbocycles. The fraction of sp³-hybridized carbons (Fsp3) is 0.632. The van der Waals surface area contributed by atoms with Crippen molar-refractivity contribution in [2.75, 3.05) is 20.1 Å². The van der Waals surface area contributed by atoms with Crippen molar-refractivity contribution < 1.29 is 9.32 Å². The number of carbonyl (C=O) groups is 1. The second-order valence-electron chi connectivity index (χ2n) is 7.55. The van der Waals surface area contributed by atoms with Crippen LogP contribution >= 0.6 is 0 Å². The van der Waals surface area contributed by atoms with Crippen molar-refractivity contribution in [3.63, 3.8) is 0 Å². The minimum absolute atomic E-state index is 0.180. The summed E-state index contributed by atoms with van der Waals surface area (Å²) in [6.07, 6.45) is 7.51. The summed E-state index contributed by atoms with van der Waals surface area (Å²) < 4.78 is 7.22. The van der Waals surface area contributed by atoms with Crippen molar-refractivity contribution in [2.24, 2.45) is 0 Å². The van der Waals surface area contributed by atoms with Crippen LogP contribution in [0.5, 0.6) is 0 Å². The molecule has 1 amide bonds. The number of likely N-dealkylation sites (tertiary alicyclic amines) is 1. The molecule has 4 rings (SSSR count). The molecular formula is C19H27N5O2. The number of rotatable bonds is 5. The second-order valence-corrected chi connectivity index (χ2v) is 7.55. The molecule has 140 valence electrons. The monoisotopic (exact) mass is 357 g/mol. The Morgan fingerprint density at radius 3 is 2.88 bits per heavy atom. The van der Waals surface area contributed by atoms with E-state index >= 15 is 0 Å². The lowest BCUT2D eigenvalue weighted by Crippen LogP contribution is -2.35. The van der Waals surface area contributed by atoms with Crippen LogP contribution in [0.1, 0.15) is 60.3 Å². The van der Waals surface area contributed by atoms with E-state index in [9.17, 15) is 4.79 Å². The Hall–Kier alpha value is -2.15. The van der Waals surface area contributed by atoms with Crippen LogP contribution in [0.4, 0.5) is 0 Å². The van der Waals surface area contributed by atoms with E-state index in [-0.39, 0.29) is 5.91 Å². The SMILES string of the molecule is Cc1nc(CN(C)C2CCCN(C(=O)c3cccn3C3CC3)CC2)no1. The normalized spacial score (nSPS) is 21.2. The highest BCUT2D eigenvalue weighted by molar-refractivity contribution is 5.92. The van der Waals surface area contributed by atoms with Crippen LogP contribution in [0.15, 0.2) is 22.9 Å². The average Bonchev–Trinajstić information content (AvgIpc) is 3.30. The molecule has 7 nitrogen and oxygen atoms in total.